The highest BCUT2D eigenvalue weighted by Crippen LogP contribution is 2.28. The van der Waals surface area contributed by atoms with E-state index in [1.807, 2.05) is 18.2 Å². The van der Waals surface area contributed by atoms with E-state index in [2.05, 4.69) is 21.8 Å². The van der Waals surface area contributed by atoms with Gasteiger partial charge in [0.15, 0.2) is 0 Å². The summed E-state index contributed by atoms with van der Waals surface area (Å²) < 4.78 is 47.4. The van der Waals surface area contributed by atoms with Crippen LogP contribution < -0.4 is 4.72 Å². The first-order valence-electron chi connectivity index (χ1n) is 9.54. The van der Waals surface area contributed by atoms with Gasteiger partial charge >= 0.3 is 0 Å². The van der Waals surface area contributed by atoms with Crippen LogP contribution in [0.25, 0.3) is 0 Å². The summed E-state index contributed by atoms with van der Waals surface area (Å²) in [6.07, 6.45) is 2.50. The molecule has 0 unspecified atom stereocenters. The van der Waals surface area contributed by atoms with E-state index >= 15 is 0 Å². The number of rotatable bonds is 6. The van der Waals surface area contributed by atoms with E-state index in [9.17, 15) is 12.8 Å². The van der Waals surface area contributed by atoms with Gasteiger partial charge in [0, 0.05) is 19.6 Å². The smallest absolute Gasteiger partial charge is 0.240 e. The average molecular weight is 415 g/mol. The average Bonchev–Trinajstić information content (AvgIpc) is 3.22. The number of fused-ring (bicyclic) bond motifs is 1. The number of sulfonamides is 1. The molecule has 1 atom stereocenters. The summed E-state index contributed by atoms with van der Waals surface area (Å²) >= 11 is 0. The number of hydrogen-bond acceptors (Lipinski definition) is 4. The number of nitrogens with one attached hydrogen (secondary N) is 1. The van der Waals surface area contributed by atoms with Gasteiger partial charge in [0.1, 0.15) is 11.6 Å². The quantitative estimate of drug-likeness (QED) is 0.666. The van der Waals surface area contributed by atoms with Crippen LogP contribution in [0.2, 0.25) is 0 Å². The standard InChI is InChI=1S/C22H23FN2O3S/c1-16-13-19(23)8-9-22(16)29(26,27)24-14-20(21-7-4-12-28-21)25-11-10-17-5-2-3-6-18(17)15-25/h2-9,12-13,20,24H,10-11,14-15H2,1H3/t20-/m0/s1. The van der Waals surface area contributed by atoms with E-state index in [4.69, 9.17) is 4.42 Å². The Morgan fingerprint density at radius 3 is 2.66 bits per heavy atom. The van der Waals surface area contributed by atoms with Crippen LogP contribution in [0.4, 0.5) is 4.39 Å². The molecule has 0 radical (unpaired) electrons. The van der Waals surface area contributed by atoms with E-state index in [0.29, 0.717) is 11.3 Å². The van der Waals surface area contributed by atoms with Gasteiger partial charge in [0.05, 0.1) is 17.2 Å². The molecule has 0 saturated heterocycles. The summed E-state index contributed by atoms with van der Waals surface area (Å²) in [7, 11) is -3.78. The van der Waals surface area contributed by atoms with Gasteiger partial charge in [0.2, 0.25) is 10.0 Å². The van der Waals surface area contributed by atoms with E-state index in [-0.39, 0.29) is 17.5 Å². The molecule has 2 aromatic carbocycles. The Kier molecular flexibility index (Phi) is 5.54. The zero-order chi connectivity index (χ0) is 20.4. The third-order valence-corrected chi connectivity index (χ3v) is 6.95. The molecule has 2 heterocycles. The molecular formula is C22H23FN2O3S. The van der Waals surface area contributed by atoms with Crippen molar-refractivity contribution in [2.45, 2.75) is 30.8 Å². The van der Waals surface area contributed by atoms with Crippen molar-refractivity contribution in [1.29, 1.82) is 0 Å². The SMILES string of the molecule is Cc1cc(F)ccc1S(=O)(=O)NC[C@@H](c1ccco1)N1CCc2ccccc2C1. The predicted molar refractivity (Wildman–Crippen MR) is 108 cm³/mol. The molecule has 0 fully saturated rings. The first-order chi connectivity index (χ1) is 13.9. The molecule has 0 saturated carbocycles. The summed E-state index contributed by atoms with van der Waals surface area (Å²) in [5.74, 6) is 0.254. The van der Waals surface area contributed by atoms with E-state index in [0.717, 1.165) is 25.6 Å². The van der Waals surface area contributed by atoms with Gasteiger partial charge in [-0.15, -0.1) is 0 Å². The monoisotopic (exact) mass is 414 g/mol. The summed E-state index contributed by atoms with van der Waals surface area (Å²) in [6, 6.07) is 15.4. The molecule has 1 aliphatic rings. The van der Waals surface area contributed by atoms with Gasteiger partial charge in [-0.25, -0.2) is 17.5 Å². The maximum absolute atomic E-state index is 13.4. The van der Waals surface area contributed by atoms with Crippen molar-refractivity contribution in [3.63, 3.8) is 0 Å². The molecule has 0 amide bonds. The van der Waals surface area contributed by atoms with Gasteiger partial charge in [-0.2, -0.15) is 0 Å². The maximum atomic E-state index is 13.4. The van der Waals surface area contributed by atoms with E-state index in [1.165, 1.54) is 23.3 Å². The lowest BCUT2D eigenvalue weighted by atomic mass is 9.98. The zero-order valence-corrected chi connectivity index (χ0v) is 17.0. The summed E-state index contributed by atoms with van der Waals surface area (Å²) in [5.41, 5.74) is 2.94. The fourth-order valence-electron chi connectivity index (χ4n) is 3.85. The Bertz CT molecular complexity index is 1100. The van der Waals surface area contributed by atoms with Crippen molar-refractivity contribution < 1.29 is 17.2 Å². The molecule has 4 rings (SSSR count). The Hall–Kier alpha value is -2.48. The van der Waals surface area contributed by atoms with Crippen LogP contribution in [-0.4, -0.2) is 26.4 Å². The van der Waals surface area contributed by atoms with Crippen LogP contribution in [0.1, 0.15) is 28.5 Å². The molecule has 5 nitrogen and oxygen atoms in total. The highest BCUT2D eigenvalue weighted by molar-refractivity contribution is 7.89. The fraction of sp³-hybridized carbons (Fsp3) is 0.273. The van der Waals surface area contributed by atoms with Gasteiger partial charge < -0.3 is 4.42 Å². The summed E-state index contributed by atoms with van der Waals surface area (Å²) in [5, 5.41) is 0. The highest BCUT2D eigenvalue weighted by atomic mass is 32.2. The van der Waals surface area contributed by atoms with E-state index < -0.39 is 15.8 Å². The number of halogens is 1. The van der Waals surface area contributed by atoms with Crippen molar-refractivity contribution in [3.8, 4) is 0 Å². The molecule has 1 aromatic heterocycles. The van der Waals surface area contributed by atoms with Crippen molar-refractivity contribution in [1.82, 2.24) is 9.62 Å². The lowest BCUT2D eigenvalue weighted by Gasteiger charge is -2.34. The minimum absolute atomic E-state index is 0.0843. The third-order valence-electron chi connectivity index (χ3n) is 5.37. The molecule has 0 aliphatic carbocycles. The van der Waals surface area contributed by atoms with E-state index in [1.54, 1.807) is 19.3 Å². The largest absolute Gasteiger partial charge is 0.468 e. The highest BCUT2D eigenvalue weighted by Gasteiger charge is 2.28. The molecule has 3 aromatic rings. The second-order valence-corrected chi connectivity index (χ2v) is 9.02. The molecule has 7 heteroatoms. The van der Waals surface area contributed by atoms with Crippen LogP contribution in [0.15, 0.2) is 70.2 Å². The predicted octanol–water partition coefficient (Wildman–Crippen LogP) is 3.81. The molecule has 1 N–H and O–H groups in total. The Morgan fingerprint density at radius 2 is 1.93 bits per heavy atom. The van der Waals surface area contributed by atoms with Gasteiger partial charge in [-0.3, -0.25) is 4.90 Å². The molecular weight excluding hydrogens is 391 g/mol. The Balaban J connectivity index is 1.56. The molecule has 0 spiro atoms. The number of benzene rings is 2. The second kappa shape index (κ2) is 8.10. The summed E-state index contributed by atoms with van der Waals surface area (Å²) in [6.45, 7) is 3.27. The third kappa shape index (κ3) is 4.27. The van der Waals surface area contributed by atoms with Crippen LogP contribution in [0.5, 0.6) is 0 Å². The Labute approximate surface area is 170 Å². The van der Waals surface area contributed by atoms with Crippen molar-refractivity contribution >= 4 is 10.0 Å². The summed E-state index contributed by atoms with van der Waals surface area (Å²) in [4.78, 5) is 2.31. The molecule has 0 bridgehead atoms. The second-order valence-electron chi connectivity index (χ2n) is 7.28. The minimum Gasteiger partial charge on any atom is -0.468 e. The topological polar surface area (TPSA) is 62.6 Å². The normalized spacial score (nSPS) is 15.8. The lowest BCUT2D eigenvalue weighted by molar-refractivity contribution is 0.160. The molecule has 29 heavy (non-hydrogen) atoms. The van der Waals surface area contributed by atoms with Gasteiger partial charge in [-0.1, -0.05) is 24.3 Å². The van der Waals surface area contributed by atoms with Crippen LogP contribution in [0.3, 0.4) is 0 Å². The van der Waals surface area contributed by atoms with Crippen LogP contribution in [0, 0.1) is 12.7 Å². The first kappa shape index (κ1) is 19.8. The minimum atomic E-state index is -3.78. The first-order valence-corrected chi connectivity index (χ1v) is 11.0. The number of nitrogens with zero attached hydrogens (tertiary/aromatic N) is 1. The number of hydrogen-bond donors (Lipinski definition) is 1. The maximum Gasteiger partial charge on any atom is 0.240 e. The zero-order valence-electron chi connectivity index (χ0n) is 16.1. The number of furan rings is 1. The Morgan fingerprint density at radius 1 is 1.14 bits per heavy atom. The van der Waals surface area contributed by atoms with Crippen LogP contribution >= 0.6 is 0 Å². The lowest BCUT2D eigenvalue weighted by Crippen LogP contribution is -2.40. The van der Waals surface area contributed by atoms with Crippen molar-refractivity contribution in [2.24, 2.45) is 0 Å². The molecule has 152 valence electrons. The van der Waals surface area contributed by atoms with Gasteiger partial charge in [0.25, 0.3) is 0 Å². The van der Waals surface area contributed by atoms with Crippen LogP contribution in [-0.2, 0) is 23.0 Å². The van der Waals surface area contributed by atoms with Crippen molar-refractivity contribution in [3.05, 3.63) is 89.1 Å². The van der Waals surface area contributed by atoms with Crippen molar-refractivity contribution in [2.75, 3.05) is 13.1 Å². The molecule has 1 aliphatic heterocycles. The fourth-order valence-corrected chi connectivity index (χ4v) is 5.12. The van der Waals surface area contributed by atoms with Gasteiger partial charge in [-0.05, 0) is 60.4 Å². The number of aryl methyl sites for hydroxylation is 1.